The van der Waals surface area contributed by atoms with E-state index in [2.05, 4.69) is 11.8 Å². The molecule has 5 nitrogen and oxygen atoms in total. The van der Waals surface area contributed by atoms with Crippen molar-refractivity contribution < 1.29 is 14.7 Å². The Hall–Kier alpha value is -1.10. The molecule has 1 rings (SSSR count). The van der Waals surface area contributed by atoms with Gasteiger partial charge in [0, 0.05) is 26.1 Å². The lowest BCUT2D eigenvalue weighted by molar-refractivity contribution is -0.140. The number of carboxylic acids is 1. The number of carboxylic acid groups (broad SMARTS) is 1. The molecular formula is C15H28N2O3. The molecule has 0 aliphatic carbocycles. The first-order valence-corrected chi connectivity index (χ1v) is 7.45. The number of amides is 1. The minimum Gasteiger partial charge on any atom is -0.481 e. The second-order valence-electron chi connectivity index (χ2n) is 6.61. The van der Waals surface area contributed by atoms with Crippen molar-refractivity contribution in [2.45, 2.75) is 52.5 Å². The van der Waals surface area contributed by atoms with Crippen LogP contribution in [-0.4, -0.2) is 59.5 Å². The molecule has 1 unspecified atom stereocenters. The zero-order valence-corrected chi connectivity index (χ0v) is 13.2. The van der Waals surface area contributed by atoms with Crippen LogP contribution in [0.5, 0.6) is 0 Å². The number of rotatable bonds is 7. The summed E-state index contributed by atoms with van der Waals surface area (Å²) in [4.78, 5) is 27.2. The number of likely N-dealkylation sites (tertiary alicyclic amines) is 1. The van der Waals surface area contributed by atoms with Crippen LogP contribution in [0.4, 0.5) is 0 Å². The maximum absolute atomic E-state index is 12.2. The van der Waals surface area contributed by atoms with Crippen LogP contribution in [0.1, 0.15) is 46.5 Å². The standard InChI is InChI=1S/C15H28N2O3/c1-5-17-8-6-7-12(17)11-16(4)13(18)9-15(2,3)10-14(19)20/h12H,5-11H2,1-4H3,(H,19,20). The fourth-order valence-electron chi connectivity index (χ4n) is 2.95. The van der Waals surface area contributed by atoms with Gasteiger partial charge in [0.1, 0.15) is 0 Å². The Kier molecular flexibility index (Phi) is 5.99. The van der Waals surface area contributed by atoms with Crippen LogP contribution < -0.4 is 0 Å². The minimum atomic E-state index is -0.849. The van der Waals surface area contributed by atoms with Crippen LogP contribution >= 0.6 is 0 Å². The maximum atomic E-state index is 12.2. The average molecular weight is 284 g/mol. The fourth-order valence-corrected chi connectivity index (χ4v) is 2.95. The topological polar surface area (TPSA) is 60.9 Å². The summed E-state index contributed by atoms with van der Waals surface area (Å²) in [6, 6.07) is 0.455. The van der Waals surface area contributed by atoms with Gasteiger partial charge >= 0.3 is 5.97 Å². The SMILES string of the molecule is CCN1CCCC1CN(C)C(=O)CC(C)(C)CC(=O)O. The Morgan fingerprint density at radius 3 is 2.55 bits per heavy atom. The van der Waals surface area contributed by atoms with Crippen molar-refractivity contribution in [1.29, 1.82) is 0 Å². The molecule has 1 N–H and O–H groups in total. The largest absolute Gasteiger partial charge is 0.481 e. The van der Waals surface area contributed by atoms with Crippen LogP contribution in [0.2, 0.25) is 0 Å². The molecule has 0 saturated carbocycles. The van der Waals surface area contributed by atoms with Gasteiger partial charge in [-0.2, -0.15) is 0 Å². The van der Waals surface area contributed by atoms with E-state index in [1.807, 2.05) is 20.9 Å². The third-order valence-corrected chi connectivity index (χ3v) is 4.08. The first-order valence-electron chi connectivity index (χ1n) is 7.45. The molecule has 0 aromatic rings. The number of hydrogen-bond donors (Lipinski definition) is 1. The van der Waals surface area contributed by atoms with Gasteiger partial charge in [0.15, 0.2) is 0 Å². The third-order valence-electron chi connectivity index (χ3n) is 4.08. The first kappa shape index (κ1) is 17.0. The summed E-state index contributed by atoms with van der Waals surface area (Å²) in [5, 5.41) is 8.87. The molecule has 5 heteroatoms. The van der Waals surface area contributed by atoms with E-state index < -0.39 is 11.4 Å². The Labute approximate surface area is 121 Å². The Morgan fingerprint density at radius 1 is 1.35 bits per heavy atom. The van der Waals surface area contributed by atoms with Crippen LogP contribution in [0.3, 0.4) is 0 Å². The van der Waals surface area contributed by atoms with E-state index in [-0.39, 0.29) is 18.7 Å². The Bertz CT molecular complexity index is 355. The highest BCUT2D eigenvalue weighted by atomic mass is 16.4. The molecule has 1 aliphatic rings. The molecule has 1 amide bonds. The Morgan fingerprint density at radius 2 is 2.00 bits per heavy atom. The van der Waals surface area contributed by atoms with Crippen LogP contribution in [0.25, 0.3) is 0 Å². The minimum absolute atomic E-state index is 0.0249. The lowest BCUT2D eigenvalue weighted by Crippen LogP contribution is -2.42. The molecule has 20 heavy (non-hydrogen) atoms. The van der Waals surface area contributed by atoms with Crippen molar-refractivity contribution in [3.8, 4) is 0 Å². The summed E-state index contributed by atoms with van der Waals surface area (Å²) in [5.74, 6) is -0.808. The second-order valence-corrected chi connectivity index (χ2v) is 6.61. The van der Waals surface area contributed by atoms with Crippen LogP contribution in [0, 0.1) is 5.41 Å². The van der Waals surface area contributed by atoms with Crippen molar-refractivity contribution in [2.75, 3.05) is 26.7 Å². The number of aliphatic carboxylic acids is 1. The van der Waals surface area contributed by atoms with Crippen molar-refractivity contribution in [1.82, 2.24) is 9.80 Å². The molecule has 1 atom stereocenters. The summed E-state index contributed by atoms with van der Waals surface area (Å²) >= 11 is 0. The zero-order chi connectivity index (χ0) is 15.3. The van der Waals surface area contributed by atoms with E-state index in [4.69, 9.17) is 5.11 Å². The molecule has 0 spiro atoms. The highest BCUT2D eigenvalue weighted by Gasteiger charge is 2.29. The fraction of sp³-hybridized carbons (Fsp3) is 0.867. The highest BCUT2D eigenvalue weighted by Crippen LogP contribution is 2.26. The van der Waals surface area contributed by atoms with Gasteiger partial charge in [-0.05, 0) is 31.3 Å². The quantitative estimate of drug-likeness (QED) is 0.774. The van der Waals surface area contributed by atoms with E-state index in [0.717, 1.165) is 26.1 Å². The number of likely N-dealkylation sites (N-methyl/N-ethyl adjacent to an activating group) is 2. The van der Waals surface area contributed by atoms with Gasteiger partial charge < -0.3 is 10.0 Å². The normalized spacial score (nSPS) is 20.1. The molecule has 116 valence electrons. The molecule has 1 heterocycles. The van der Waals surface area contributed by atoms with E-state index in [0.29, 0.717) is 6.04 Å². The van der Waals surface area contributed by atoms with E-state index in [9.17, 15) is 9.59 Å². The summed E-state index contributed by atoms with van der Waals surface area (Å²) in [6.07, 6.45) is 2.65. The predicted octanol–water partition coefficient (Wildman–Crippen LogP) is 1.82. The van der Waals surface area contributed by atoms with Crippen molar-refractivity contribution in [3.63, 3.8) is 0 Å². The summed E-state index contributed by atoms with van der Waals surface area (Å²) < 4.78 is 0. The lowest BCUT2D eigenvalue weighted by Gasteiger charge is -2.30. The zero-order valence-electron chi connectivity index (χ0n) is 13.2. The van der Waals surface area contributed by atoms with Gasteiger partial charge in [0.25, 0.3) is 0 Å². The first-order chi connectivity index (χ1) is 9.25. The maximum Gasteiger partial charge on any atom is 0.303 e. The van der Waals surface area contributed by atoms with Gasteiger partial charge in [0.2, 0.25) is 5.91 Å². The van der Waals surface area contributed by atoms with E-state index in [1.165, 1.54) is 6.42 Å². The summed E-state index contributed by atoms with van der Waals surface area (Å²) in [6.45, 7) is 8.71. The second kappa shape index (κ2) is 7.07. The number of carbonyl (C=O) groups is 2. The van der Waals surface area contributed by atoms with Gasteiger partial charge in [-0.1, -0.05) is 20.8 Å². The summed E-state index contributed by atoms with van der Waals surface area (Å²) in [5.41, 5.74) is -0.489. The molecule has 1 aliphatic heterocycles. The van der Waals surface area contributed by atoms with Crippen molar-refractivity contribution >= 4 is 11.9 Å². The van der Waals surface area contributed by atoms with Crippen molar-refractivity contribution in [2.24, 2.45) is 5.41 Å². The van der Waals surface area contributed by atoms with Gasteiger partial charge in [-0.3, -0.25) is 14.5 Å². The average Bonchev–Trinajstić information content (AvgIpc) is 2.73. The molecule has 1 fully saturated rings. The number of carbonyl (C=O) groups excluding carboxylic acids is 1. The van der Waals surface area contributed by atoms with Gasteiger partial charge in [-0.15, -0.1) is 0 Å². The Balaban J connectivity index is 2.48. The van der Waals surface area contributed by atoms with Crippen molar-refractivity contribution in [3.05, 3.63) is 0 Å². The van der Waals surface area contributed by atoms with Crippen LogP contribution in [-0.2, 0) is 9.59 Å². The molecule has 0 aromatic heterocycles. The molecular weight excluding hydrogens is 256 g/mol. The smallest absolute Gasteiger partial charge is 0.303 e. The van der Waals surface area contributed by atoms with E-state index >= 15 is 0 Å². The summed E-state index contributed by atoms with van der Waals surface area (Å²) in [7, 11) is 1.82. The van der Waals surface area contributed by atoms with Gasteiger partial charge in [-0.25, -0.2) is 0 Å². The predicted molar refractivity (Wildman–Crippen MR) is 78.6 cm³/mol. The lowest BCUT2D eigenvalue weighted by atomic mass is 9.85. The molecule has 0 bridgehead atoms. The monoisotopic (exact) mass is 284 g/mol. The number of hydrogen-bond acceptors (Lipinski definition) is 3. The highest BCUT2D eigenvalue weighted by molar-refractivity contribution is 5.77. The molecule has 0 aromatic carbocycles. The third kappa shape index (κ3) is 5.12. The molecule has 0 radical (unpaired) electrons. The molecule has 1 saturated heterocycles. The van der Waals surface area contributed by atoms with Crippen LogP contribution in [0.15, 0.2) is 0 Å². The van der Waals surface area contributed by atoms with Gasteiger partial charge in [0.05, 0.1) is 6.42 Å². The van der Waals surface area contributed by atoms with E-state index in [1.54, 1.807) is 4.90 Å². The number of nitrogens with zero attached hydrogens (tertiary/aromatic N) is 2.